The van der Waals surface area contributed by atoms with E-state index in [2.05, 4.69) is 20.1 Å². The number of piperidine rings is 1. The fourth-order valence-electron chi connectivity index (χ4n) is 15.1. The summed E-state index contributed by atoms with van der Waals surface area (Å²) in [4.78, 5) is 48.4. The van der Waals surface area contributed by atoms with Crippen LogP contribution in [0.3, 0.4) is 0 Å². The summed E-state index contributed by atoms with van der Waals surface area (Å²) in [5, 5.41) is 41.9. The standard InChI is InChI=1S/C23H27FN4O2.C22H29FO5.C17H13ClFN3O/c1-15-18(23(29)28-10-3-2-4-21(28)25-15)9-13-27-11-7-16(8-12-27)22-19-6-5-17(24)14-20(19)30-26-22;1-12-8-16-15-5-4-13-9-14(25)6-7-19(13,2)21(15,23)17(26)10-20(16,3)22(12,28)18(27)11-24;18-15-4-2-1-3-14(15)16-17(23-16,9-22-11-20-10-21-22)12-5-7-13(19)8-6-12/h5-6,14,16H,2-4,7-13H2,1H3;6-7,9,12,15-17,24,26,28H,4-5,8,10-11H2,1-3H3;1-8,10-11,16H,9H2/t;12-,15+,16+,17+,19+,20+,21+,22+;/m.1./s1. The number of allylic oxidation sites excluding steroid dienone is 4. The summed E-state index contributed by atoms with van der Waals surface area (Å²) < 4.78 is 58.5. The maximum Gasteiger partial charge on any atom is 0.256 e. The average molecular weight is 1130 g/mol. The predicted molar refractivity (Wildman–Crippen MR) is 296 cm³/mol. The Morgan fingerprint density at radius 1 is 0.951 bits per heavy atom. The molecule has 3 aromatic carbocycles. The number of carbonyl (C=O) groups is 2. The number of aromatic nitrogens is 6. The summed E-state index contributed by atoms with van der Waals surface area (Å²) in [6.07, 6.45) is 13.2. The second-order valence-electron chi connectivity index (χ2n) is 23.8. The molecule has 428 valence electrons. The lowest BCUT2D eigenvalue weighted by Gasteiger charge is -2.62. The smallest absolute Gasteiger partial charge is 0.256 e. The summed E-state index contributed by atoms with van der Waals surface area (Å²) in [5.41, 5.74) is -0.604. The minimum atomic E-state index is -1.98. The number of aliphatic hydroxyl groups excluding tert-OH is 2. The van der Waals surface area contributed by atoms with Gasteiger partial charge in [-0.3, -0.25) is 19.0 Å². The van der Waals surface area contributed by atoms with Crippen molar-refractivity contribution in [3.8, 4) is 0 Å². The van der Waals surface area contributed by atoms with Crippen LogP contribution in [0.15, 0.2) is 113 Å². The number of likely N-dealkylation sites (tertiary alicyclic amines) is 1. The van der Waals surface area contributed by atoms with Crippen molar-refractivity contribution >= 4 is 34.1 Å². The van der Waals surface area contributed by atoms with Crippen molar-refractivity contribution in [2.24, 2.45) is 28.6 Å². The molecule has 0 radical (unpaired) electrons. The molecule has 15 nitrogen and oxygen atoms in total. The Balaban J connectivity index is 0.000000129. The van der Waals surface area contributed by atoms with Crippen LogP contribution in [0.5, 0.6) is 0 Å². The minimum Gasteiger partial charge on any atom is -0.390 e. The number of carbonyl (C=O) groups excluding carboxylic acids is 2. The van der Waals surface area contributed by atoms with Gasteiger partial charge in [-0.05, 0) is 145 Å². The van der Waals surface area contributed by atoms with Crippen LogP contribution in [0.4, 0.5) is 13.2 Å². The number of Topliss-reactive ketones (excluding diaryl/α,β-unsaturated/α-hetero) is 1. The normalized spacial score (nSPS) is 31.4. The zero-order valence-electron chi connectivity index (χ0n) is 46.0. The van der Waals surface area contributed by atoms with Crippen LogP contribution in [0.2, 0.25) is 5.02 Å². The predicted octanol–water partition coefficient (Wildman–Crippen LogP) is 9.22. The van der Waals surface area contributed by atoms with E-state index < -0.39 is 58.0 Å². The number of rotatable bonds is 10. The Bertz CT molecular complexity index is 3470. The highest BCUT2D eigenvalue weighted by Gasteiger charge is 2.75. The molecule has 5 fully saturated rings. The molecule has 3 aliphatic heterocycles. The number of ether oxygens (including phenoxy) is 1. The van der Waals surface area contributed by atoms with E-state index in [1.807, 2.05) is 35.8 Å². The molecular formula is C62H69ClF3N7O8. The van der Waals surface area contributed by atoms with E-state index in [-0.39, 0.29) is 41.4 Å². The minimum absolute atomic E-state index is 0.0676. The van der Waals surface area contributed by atoms with Gasteiger partial charge in [0.1, 0.15) is 54.0 Å². The Hall–Kier alpha value is -6.15. The number of hydrogen-bond acceptors (Lipinski definition) is 13. The highest BCUT2D eigenvalue weighted by Crippen LogP contribution is 2.71. The molecule has 3 aromatic heterocycles. The molecule has 19 heteroatoms. The van der Waals surface area contributed by atoms with Gasteiger partial charge in [0.2, 0.25) is 0 Å². The number of aryl methyl sites for hydroxylation is 2. The topological polar surface area (TPSA) is 202 Å². The number of aliphatic hydroxyl groups is 3. The second kappa shape index (κ2) is 21.9. The van der Waals surface area contributed by atoms with Crippen molar-refractivity contribution < 1.29 is 47.3 Å². The summed E-state index contributed by atoms with van der Waals surface area (Å²) in [7, 11) is 0. The number of halogens is 4. The molecule has 2 saturated heterocycles. The third-order valence-corrected chi connectivity index (χ3v) is 19.9. The van der Waals surface area contributed by atoms with Gasteiger partial charge in [-0.2, -0.15) is 5.10 Å². The largest absolute Gasteiger partial charge is 0.390 e. The lowest BCUT2D eigenvalue weighted by molar-refractivity contribution is -0.219. The van der Waals surface area contributed by atoms with Crippen molar-refractivity contribution in [3.63, 3.8) is 0 Å². The van der Waals surface area contributed by atoms with Crippen molar-refractivity contribution in [1.29, 1.82) is 0 Å². The Kier molecular flexibility index (Phi) is 15.3. The number of epoxide rings is 1. The van der Waals surface area contributed by atoms with Crippen molar-refractivity contribution in [1.82, 2.24) is 34.4 Å². The highest BCUT2D eigenvalue weighted by molar-refractivity contribution is 6.31. The molecule has 0 amide bonds. The van der Waals surface area contributed by atoms with Crippen LogP contribution in [0.1, 0.15) is 118 Å². The van der Waals surface area contributed by atoms with Gasteiger partial charge in [0.25, 0.3) is 5.56 Å². The van der Waals surface area contributed by atoms with Gasteiger partial charge in [0.05, 0.1) is 18.3 Å². The van der Waals surface area contributed by atoms with Gasteiger partial charge in [0.15, 0.2) is 22.8 Å². The zero-order chi connectivity index (χ0) is 57.2. The monoisotopic (exact) mass is 1130 g/mol. The van der Waals surface area contributed by atoms with Gasteiger partial charge in [0, 0.05) is 75.5 Å². The Morgan fingerprint density at radius 2 is 1.70 bits per heavy atom. The Morgan fingerprint density at radius 3 is 2.43 bits per heavy atom. The second-order valence-corrected chi connectivity index (χ2v) is 24.2. The van der Waals surface area contributed by atoms with Gasteiger partial charge >= 0.3 is 0 Å². The van der Waals surface area contributed by atoms with Crippen LogP contribution < -0.4 is 5.56 Å². The van der Waals surface area contributed by atoms with Crippen LogP contribution >= 0.6 is 11.6 Å². The molecule has 6 aromatic rings. The highest BCUT2D eigenvalue weighted by atomic mass is 35.5. The number of nitrogens with zero attached hydrogens (tertiary/aromatic N) is 7. The summed E-state index contributed by atoms with van der Waals surface area (Å²) in [6, 6.07) is 18.6. The van der Waals surface area contributed by atoms with Gasteiger partial charge in [-0.25, -0.2) is 27.8 Å². The first-order chi connectivity index (χ1) is 38.7. The molecule has 10 atom stereocenters. The van der Waals surface area contributed by atoms with E-state index in [0.717, 1.165) is 104 Å². The van der Waals surface area contributed by atoms with Gasteiger partial charge < -0.3 is 29.5 Å². The molecule has 4 aliphatic carbocycles. The molecule has 0 bridgehead atoms. The van der Waals surface area contributed by atoms with Crippen molar-refractivity contribution in [3.05, 3.63) is 164 Å². The average Bonchev–Trinajstić information content (AvgIpc) is 1.98. The van der Waals surface area contributed by atoms with Gasteiger partial charge in [-0.1, -0.05) is 72.6 Å². The fourth-order valence-corrected chi connectivity index (χ4v) is 15.3. The SMILES string of the molecule is C[C@@H]1C[C@H]2[C@@H]3CCC4=CC(=O)C=C[C@]4(C)[C@@]3(F)[C@@H](O)C[C@]2(C)[C@@]1(O)C(=O)CO.Cc1nc2n(c(=O)c1CCN1CCC(c3noc4cc(F)ccc34)CC1)CCCC2.Fc1ccc(C2(Cn3cncn3)OC2c2ccccc2Cl)cc1. The summed E-state index contributed by atoms with van der Waals surface area (Å²) >= 11 is 6.31. The van der Waals surface area contributed by atoms with Crippen molar-refractivity contribution in [2.75, 3.05) is 26.2 Å². The molecule has 13 rings (SSSR count). The molecule has 3 N–H and O–H groups in total. The molecule has 7 aliphatic rings. The maximum atomic E-state index is 16.9. The number of hydrogen-bond donors (Lipinski definition) is 3. The quantitative estimate of drug-likeness (QED) is 0.110. The first-order valence-corrected chi connectivity index (χ1v) is 28.7. The summed E-state index contributed by atoms with van der Waals surface area (Å²) in [6.45, 7) is 10.5. The number of alkyl halides is 1. The third kappa shape index (κ3) is 9.74. The van der Waals surface area contributed by atoms with Crippen LogP contribution in [0, 0.1) is 47.1 Å². The van der Waals surface area contributed by atoms with Crippen molar-refractivity contribution in [2.45, 2.75) is 140 Å². The van der Waals surface area contributed by atoms with E-state index >= 15 is 4.39 Å². The van der Waals surface area contributed by atoms with E-state index in [1.165, 1.54) is 42.7 Å². The molecule has 6 heterocycles. The zero-order valence-corrected chi connectivity index (χ0v) is 46.8. The first-order valence-electron chi connectivity index (χ1n) is 28.3. The molecule has 3 saturated carbocycles. The molecule has 2 unspecified atom stereocenters. The fraction of sp³-hybridized carbons (Fsp3) is 0.500. The van der Waals surface area contributed by atoms with E-state index in [1.54, 1.807) is 56.1 Å². The van der Waals surface area contributed by atoms with Gasteiger partial charge in [-0.15, -0.1) is 0 Å². The molecule has 81 heavy (non-hydrogen) atoms. The maximum absolute atomic E-state index is 16.9. The van der Waals surface area contributed by atoms with E-state index in [4.69, 9.17) is 25.8 Å². The third-order valence-electron chi connectivity index (χ3n) is 19.6. The number of benzene rings is 3. The lowest BCUT2D eigenvalue weighted by atomic mass is 9.44. The van der Waals surface area contributed by atoms with E-state index in [9.17, 15) is 38.5 Å². The Labute approximate surface area is 472 Å². The number of ketones is 2. The summed E-state index contributed by atoms with van der Waals surface area (Å²) in [5.74, 6) is -1.42. The molecule has 0 spiro atoms. The van der Waals surface area contributed by atoms with Crippen LogP contribution in [-0.2, 0) is 45.9 Å². The first kappa shape index (κ1) is 56.7. The van der Waals surface area contributed by atoms with Crippen LogP contribution in [-0.4, -0.2) is 105 Å². The van der Waals surface area contributed by atoms with Crippen LogP contribution in [0.25, 0.3) is 11.0 Å². The number of fused-ring (bicyclic) bond motifs is 7. The lowest BCUT2D eigenvalue weighted by Crippen LogP contribution is -2.69. The molecular weight excluding hydrogens is 1060 g/mol. The van der Waals surface area contributed by atoms with E-state index in [0.29, 0.717) is 47.9 Å².